The van der Waals surface area contributed by atoms with E-state index < -0.39 is 16.9 Å². The molecule has 49 heavy (non-hydrogen) atoms. The molecule has 1 aliphatic heterocycles. The number of carbonyl (C=O) groups excluding carboxylic acids is 1. The number of thioether (sulfide) groups is 1. The van der Waals surface area contributed by atoms with Crippen LogP contribution in [0.5, 0.6) is 5.75 Å². The zero-order valence-corrected chi connectivity index (χ0v) is 31.5. The molecule has 248 valence electrons. The molecule has 0 saturated carbocycles. The Morgan fingerprint density at radius 1 is 1.10 bits per heavy atom. The Morgan fingerprint density at radius 3 is 2.47 bits per heavy atom. The lowest BCUT2D eigenvalue weighted by molar-refractivity contribution is -0.384. The van der Waals surface area contributed by atoms with Crippen molar-refractivity contribution in [1.29, 1.82) is 0 Å². The van der Waals surface area contributed by atoms with Crippen LogP contribution in [0.4, 0.5) is 5.69 Å². The van der Waals surface area contributed by atoms with Crippen LogP contribution in [0.15, 0.2) is 116 Å². The first-order valence-electron chi connectivity index (χ1n) is 15.0. The largest absolute Gasteiger partial charge is 0.487 e. The summed E-state index contributed by atoms with van der Waals surface area (Å²) in [5.74, 6) is 0.0104. The minimum atomic E-state index is -0.788. The number of nitro benzene ring substituents is 1. The summed E-state index contributed by atoms with van der Waals surface area (Å²) in [5, 5.41) is 11.1. The lowest BCUT2D eigenvalue weighted by Gasteiger charge is -2.26. The van der Waals surface area contributed by atoms with Crippen molar-refractivity contribution in [3.63, 3.8) is 0 Å². The average molecular weight is 869 g/mol. The van der Waals surface area contributed by atoms with Crippen LogP contribution in [0.3, 0.4) is 0 Å². The molecule has 6 rings (SSSR count). The van der Waals surface area contributed by atoms with Crippen LogP contribution in [0.2, 0.25) is 0 Å². The van der Waals surface area contributed by atoms with Crippen molar-refractivity contribution >= 4 is 85.0 Å². The molecule has 9 nitrogen and oxygen atoms in total. The summed E-state index contributed by atoms with van der Waals surface area (Å²) < 4.78 is 15.4. The number of carbonyl (C=O) groups is 1. The molecule has 2 heterocycles. The molecule has 0 N–H and O–H groups in total. The lowest BCUT2D eigenvalue weighted by atomic mass is 9.93. The molecule has 1 aliphatic rings. The highest BCUT2D eigenvalue weighted by Crippen LogP contribution is 2.36. The third kappa shape index (κ3) is 7.44. The van der Waals surface area contributed by atoms with Gasteiger partial charge in [0.2, 0.25) is 0 Å². The predicted molar refractivity (Wildman–Crippen MR) is 204 cm³/mol. The van der Waals surface area contributed by atoms with Crippen molar-refractivity contribution in [1.82, 2.24) is 4.57 Å². The van der Waals surface area contributed by atoms with E-state index in [2.05, 4.69) is 38.5 Å². The Hall–Kier alpha value is -4.05. The molecule has 13 heteroatoms. The Morgan fingerprint density at radius 2 is 1.82 bits per heavy atom. The number of non-ortho nitro benzene ring substituents is 1. The van der Waals surface area contributed by atoms with Gasteiger partial charge in [-0.15, -0.1) is 11.8 Å². The van der Waals surface area contributed by atoms with E-state index in [0.29, 0.717) is 26.3 Å². The third-order valence-electron chi connectivity index (χ3n) is 7.66. The highest BCUT2D eigenvalue weighted by atomic mass is 127. The van der Waals surface area contributed by atoms with Crippen LogP contribution < -0.4 is 19.6 Å². The van der Waals surface area contributed by atoms with Crippen LogP contribution in [-0.2, 0) is 16.1 Å². The maximum atomic E-state index is 14.4. The fourth-order valence-corrected chi connectivity index (χ4v) is 8.50. The number of halogens is 2. The second kappa shape index (κ2) is 15.2. The van der Waals surface area contributed by atoms with Gasteiger partial charge >= 0.3 is 5.97 Å². The molecule has 1 atom stereocenters. The van der Waals surface area contributed by atoms with Crippen molar-refractivity contribution in [3.05, 3.63) is 157 Å². The molecule has 0 spiro atoms. The normalized spacial score (nSPS) is 14.3. The monoisotopic (exact) mass is 867 g/mol. The van der Waals surface area contributed by atoms with Gasteiger partial charge in [-0.25, -0.2) is 9.79 Å². The number of hydrogen-bond acceptors (Lipinski definition) is 9. The Bertz CT molecular complexity index is 2270. The second-order valence-corrected chi connectivity index (χ2v) is 14.7. The van der Waals surface area contributed by atoms with E-state index in [1.807, 2.05) is 73.0 Å². The third-order valence-corrected chi connectivity index (χ3v) is 10.6. The van der Waals surface area contributed by atoms with Gasteiger partial charge in [0.15, 0.2) is 4.80 Å². The lowest BCUT2D eigenvalue weighted by Crippen LogP contribution is -2.40. The Labute approximate surface area is 311 Å². The number of ether oxygens (including phenoxy) is 2. The number of nitrogens with zero attached hydrogens (tertiary/aromatic N) is 3. The number of benzene rings is 4. The first kappa shape index (κ1) is 34.8. The second-order valence-electron chi connectivity index (χ2n) is 10.7. The van der Waals surface area contributed by atoms with Gasteiger partial charge in [-0.2, -0.15) is 0 Å². The molecule has 0 bridgehead atoms. The van der Waals surface area contributed by atoms with E-state index in [1.54, 1.807) is 41.5 Å². The van der Waals surface area contributed by atoms with E-state index in [-0.39, 0.29) is 30.0 Å². The molecular weight excluding hydrogens is 841 g/mol. The maximum absolute atomic E-state index is 14.4. The molecule has 0 saturated heterocycles. The van der Waals surface area contributed by atoms with Crippen molar-refractivity contribution in [2.75, 3.05) is 12.9 Å². The summed E-state index contributed by atoms with van der Waals surface area (Å²) in [7, 11) is 0. The van der Waals surface area contributed by atoms with Crippen LogP contribution in [0.25, 0.3) is 11.8 Å². The van der Waals surface area contributed by atoms with Gasteiger partial charge in [0, 0.05) is 32.6 Å². The van der Waals surface area contributed by atoms with E-state index in [0.717, 1.165) is 29.6 Å². The van der Waals surface area contributed by atoms with E-state index in [4.69, 9.17) is 14.5 Å². The Kier molecular flexibility index (Phi) is 10.8. The summed E-state index contributed by atoms with van der Waals surface area (Å²) in [5.41, 5.74) is 3.31. The fraction of sp³-hybridized carbons (Fsp3) is 0.139. The fourth-order valence-electron chi connectivity index (χ4n) is 5.39. The van der Waals surface area contributed by atoms with Gasteiger partial charge in [0.25, 0.3) is 11.2 Å². The van der Waals surface area contributed by atoms with E-state index in [1.165, 1.54) is 23.5 Å². The Balaban J connectivity index is 1.52. The minimum absolute atomic E-state index is 0.00179. The molecule has 4 aromatic carbocycles. The SMILES string of the molecule is CCOC(=O)C1=C(c2ccccc2)N=c2s/c(=C\c3cc(Br)cc(I)c3OCc3ccc([N+](=O)[O-])cc3)c(=O)n2[C@@H]1c1ccc(SC)cc1. The molecule has 0 amide bonds. The number of rotatable bonds is 10. The first-order valence-corrected chi connectivity index (χ1v) is 18.9. The molecule has 0 unspecified atom stereocenters. The summed E-state index contributed by atoms with van der Waals surface area (Å²) in [6, 6.07) is 26.4. The van der Waals surface area contributed by atoms with Gasteiger partial charge in [-0.05, 0) is 89.4 Å². The zero-order valence-electron chi connectivity index (χ0n) is 26.1. The number of nitro groups is 1. The first-order chi connectivity index (χ1) is 23.7. The van der Waals surface area contributed by atoms with Crippen molar-refractivity contribution in [3.8, 4) is 5.75 Å². The van der Waals surface area contributed by atoms with Crippen LogP contribution >= 0.6 is 61.6 Å². The minimum Gasteiger partial charge on any atom is -0.487 e. The van der Waals surface area contributed by atoms with Gasteiger partial charge in [0.1, 0.15) is 12.4 Å². The topological polar surface area (TPSA) is 113 Å². The molecule has 1 aromatic heterocycles. The van der Waals surface area contributed by atoms with Gasteiger partial charge in [0.05, 0.1) is 36.9 Å². The highest BCUT2D eigenvalue weighted by molar-refractivity contribution is 14.1. The van der Waals surface area contributed by atoms with Crippen LogP contribution in [0, 0.1) is 13.7 Å². The van der Waals surface area contributed by atoms with Crippen LogP contribution in [-0.4, -0.2) is 28.3 Å². The molecular formula is C36H27BrIN3O6S2. The molecule has 0 fully saturated rings. The van der Waals surface area contributed by atoms with Gasteiger partial charge < -0.3 is 9.47 Å². The zero-order chi connectivity index (χ0) is 34.7. The maximum Gasteiger partial charge on any atom is 0.338 e. The quantitative estimate of drug-likeness (QED) is 0.0470. The summed E-state index contributed by atoms with van der Waals surface area (Å²) in [4.78, 5) is 45.3. The highest BCUT2D eigenvalue weighted by Gasteiger charge is 2.35. The molecule has 5 aromatic rings. The predicted octanol–water partition coefficient (Wildman–Crippen LogP) is 7.51. The summed E-state index contributed by atoms with van der Waals surface area (Å²) in [6.45, 7) is 2.07. The van der Waals surface area contributed by atoms with Crippen molar-refractivity contribution < 1.29 is 19.2 Å². The number of esters is 1. The molecule has 0 radical (unpaired) electrons. The number of aromatic nitrogens is 1. The van der Waals surface area contributed by atoms with Crippen LogP contribution in [0.1, 0.15) is 35.2 Å². The number of hydrogen-bond donors (Lipinski definition) is 0. The average Bonchev–Trinajstić information content (AvgIpc) is 3.41. The smallest absolute Gasteiger partial charge is 0.338 e. The number of fused-ring (bicyclic) bond motifs is 1. The summed E-state index contributed by atoms with van der Waals surface area (Å²) in [6.07, 6.45) is 3.76. The molecule has 0 aliphatic carbocycles. The van der Waals surface area contributed by atoms with E-state index in [9.17, 15) is 19.7 Å². The van der Waals surface area contributed by atoms with Crippen molar-refractivity contribution in [2.24, 2.45) is 4.99 Å². The standard InChI is InChI=1S/C36H27BrIN3O6S2/c1-3-46-35(43)30-31(22-7-5-4-6-8-22)39-36-40(32(30)23-11-15-27(48-2)16-12-23)34(42)29(49-36)18-24-17-25(37)19-28(38)33(24)47-20-21-9-13-26(14-10-21)41(44)45/h4-19,32H,3,20H2,1-2H3/b29-18-/t32-/m1/s1. The number of thiazole rings is 1. The van der Waals surface area contributed by atoms with Crippen molar-refractivity contribution in [2.45, 2.75) is 24.5 Å². The van der Waals surface area contributed by atoms with E-state index >= 15 is 0 Å². The van der Waals surface area contributed by atoms with Gasteiger partial charge in [-0.3, -0.25) is 19.5 Å². The summed E-state index contributed by atoms with van der Waals surface area (Å²) >= 11 is 8.58. The van der Waals surface area contributed by atoms with Gasteiger partial charge in [-0.1, -0.05) is 69.7 Å².